The Labute approximate surface area is 424 Å². The molecule has 0 spiro atoms. The van der Waals surface area contributed by atoms with Crippen molar-refractivity contribution in [3.63, 3.8) is 0 Å². The predicted octanol–water partition coefficient (Wildman–Crippen LogP) is 18.9. The Balaban J connectivity index is 4.50. The first-order valence-electron chi connectivity index (χ1n) is 28.0. The van der Waals surface area contributed by atoms with Crippen molar-refractivity contribution in [2.75, 3.05) is 13.2 Å². The number of hydrogen-bond donors (Lipinski definition) is 0. The maximum absolute atomic E-state index is 12.9. The van der Waals surface area contributed by atoms with Gasteiger partial charge in [-0.25, -0.2) is 0 Å². The van der Waals surface area contributed by atoms with Crippen LogP contribution in [0.15, 0.2) is 122 Å². The van der Waals surface area contributed by atoms with Gasteiger partial charge >= 0.3 is 17.9 Å². The maximum atomic E-state index is 12.9. The third-order valence-electron chi connectivity index (χ3n) is 11.4. The number of carbonyl (C=O) groups excluding carboxylic acids is 3. The summed E-state index contributed by atoms with van der Waals surface area (Å²) in [4.78, 5) is 38.1. The molecule has 0 aromatic carbocycles. The molecule has 0 aliphatic rings. The van der Waals surface area contributed by atoms with Crippen LogP contribution in [0.4, 0.5) is 0 Å². The first-order valence-corrected chi connectivity index (χ1v) is 28.0. The lowest BCUT2D eigenvalue weighted by atomic mass is 10.1. The van der Waals surface area contributed by atoms with Crippen LogP contribution in [0.2, 0.25) is 0 Å². The van der Waals surface area contributed by atoms with E-state index in [4.69, 9.17) is 14.2 Å². The van der Waals surface area contributed by atoms with Gasteiger partial charge in [0.25, 0.3) is 0 Å². The van der Waals surface area contributed by atoms with Gasteiger partial charge < -0.3 is 14.2 Å². The summed E-state index contributed by atoms with van der Waals surface area (Å²) >= 11 is 0. The summed E-state index contributed by atoms with van der Waals surface area (Å²) in [5, 5.41) is 0. The lowest BCUT2D eigenvalue weighted by Gasteiger charge is -2.18. The van der Waals surface area contributed by atoms with Crippen LogP contribution >= 0.6 is 0 Å². The summed E-state index contributed by atoms with van der Waals surface area (Å²) in [5.41, 5.74) is 0. The van der Waals surface area contributed by atoms with Gasteiger partial charge in [-0.15, -0.1) is 0 Å². The molecule has 1 unspecified atom stereocenters. The van der Waals surface area contributed by atoms with Crippen molar-refractivity contribution < 1.29 is 28.6 Å². The maximum Gasteiger partial charge on any atom is 0.306 e. The Morgan fingerprint density at radius 2 is 0.594 bits per heavy atom. The predicted molar refractivity (Wildman–Crippen MR) is 297 cm³/mol. The topological polar surface area (TPSA) is 78.9 Å². The standard InChI is InChI=1S/C63H102O6/c1-4-7-10-13-16-19-22-25-27-29-31-33-35-38-41-44-47-50-53-56-62(65)68-59-60(58-67-61(64)55-52-49-46-43-40-37-24-21-18-15-12-9-6-3)69-63(66)57-54-51-48-45-42-39-36-34-32-30-28-26-23-20-17-14-11-8-5-2/h7,10,12,15-17,19-21,24-28,31-34,38,41,60H,4-6,8-9,11,13-14,18,22-23,29-30,35-37,39-40,42-59H2,1-3H3/b10-7-,15-12-,19-16-,20-17-,24-21-,27-25-,28-26-,33-31-,34-32-,41-38-. The van der Waals surface area contributed by atoms with E-state index in [0.717, 1.165) is 154 Å². The van der Waals surface area contributed by atoms with Gasteiger partial charge in [-0.05, 0) is 128 Å². The van der Waals surface area contributed by atoms with Crippen LogP contribution in [0.5, 0.6) is 0 Å². The van der Waals surface area contributed by atoms with Crippen LogP contribution in [0, 0.1) is 0 Å². The van der Waals surface area contributed by atoms with Gasteiger partial charge in [-0.1, -0.05) is 213 Å². The first-order chi connectivity index (χ1) is 34.0. The molecular formula is C63H102O6. The SMILES string of the molecule is CC/C=C\C/C=C\C/C=C\C/C=C\C/C=C\CCCCCC(=O)OCC(COC(=O)CCCCCCC/C=C\C/C=C\CCC)OC(=O)CCCCCCCC/C=C\C/C=C\C/C=C\CCCCC. The van der Waals surface area contributed by atoms with Crippen molar-refractivity contribution in [1.29, 1.82) is 0 Å². The molecule has 0 aliphatic carbocycles. The number of hydrogen-bond acceptors (Lipinski definition) is 6. The molecule has 0 amide bonds. The minimum Gasteiger partial charge on any atom is -0.462 e. The summed E-state index contributed by atoms with van der Waals surface area (Å²) in [7, 11) is 0. The van der Waals surface area contributed by atoms with Gasteiger partial charge in [0.1, 0.15) is 13.2 Å². The molecule has 0 fully saturated rings. The van der Waals surface area contributed by atoms with E-state index in [1.54, 1.807) is 0 Å². The summed E-state index contributed by atoms with van der Waals surface area (Å²) in [6, 6.07) is 0. The zero-order valence-corrected chi connectivity index (χ0v) is 44.5. The van der Waals surface area contributed by atoms with E-state index in [0.29, 0.717) is 19.3 Å². The van der Waals surface area contributed by atoms with Gasteiger partial charge in [-0.2, -0.15) is 0 Å². The normalized spacial score (nSPS) is 13.0. The Bertz CT molecular complexity index is 1470. The van der Waals surface area contributed by atoms with Crippen LogP contribution in [-0.4, -0.2) is 37.2 Å². The third-order valence-corrected chi connectivity index (χ3v) is 11.4. The molecule has 69 heavy (non-hydrogen) atoms. The minimum absolute atomic E-state index is 0.105. The van der Waals surface area contributed by atoms with E-state index in [1.165, 1.54) is 44.9 Å². The van der Waals surface area contributed by atoms with Gasteiger partial charge in [0.15, 0.2) is 6.10 Å². The Hall–Kier alpha value is -4.19. The largest absolute Gasteiger partial charge is 0.462 e. The first kappa shape index (κ1) is 64.8. The molecule has 0 N–H and O–H groups in total. The average molecular weight is 956 g/mol. The van der Waals surface area contributed by atoms with E-state index in [9.17, 15) is 14.4 Å². The van der Waals surface area contributed by atoms with E-state index < -0.39 is 6.10 Å². The van der Waals surface area contributed by atoms with Crippen molar-refractivity contribution in [3.05, 3.63) is 122 Å². The summed E-state index contributed by atoms with van der Waals surface area (Å²) in [6.07, 6.45) is 77.5. The highest BCUT2D eigenvalue weighted by molar-refractivity contribution is 5.71. The zero-order chi connectivity index (χ0) is 50.0. The molecule has 0 aliphatic heterocycles. The third kappa shape index (κ3) is 54.6. The number of esters is 3. The van der Waals surface area contributed by atoms with Crippen LogP contribution in [-0.2, 0) is 28.6 Å². The summed E-state index contributed by atoms with van der Waals surface area (Å²) in [6.45, 7) is 6.37. The highest BCUT2D eigenvalue weighted by atomic mass is 16.6. The minimum atomic E-state index is -0.809. The Morgan fingerprint density at radius 1 is 0.304 bits per heavy atom. The molecule has 0 radical (unpaired) electrons. The second kappa shape index (κ2) is 56.4. The fourth-order valence-electron chi connectivity index (χ4n) is 7.22. The number of carbonyl (C=O) groups is 3. The molecule has 6 heteroatoms. The zero-order valence-electron chi connectivity index (χ0n) is 44.5. The van der Waals surface area contributed by atoms with Gasteiger partial charge in [0.2, 0.25) is 0 Å². The summed E-state index contributed by atoms with van der Waals surface area (Å²) < 4.78 is 16.8. The Kier molecular flexibility index (Phi) is 53.0. The molecular weight excluding hydrogens is 853 g/mol. The molecule has 0 saturated carbocycles. The molecule has 0 rings (SSSR count). The van der Waals surface area contributed by atoms with E-state index in [2.05, 4.69) is 142 Å². The quantitative estimate of drug-likeness (QED) is 0.0262. The Morgan fingerprint density at radius 3 is 0.957 bits per heavy atom. The van der Waals surface area contributed by atoms with Crippen molar-refractivity contribution in [1.82, 2.24) is 0 Å². The van der Waals surface area contributed by atoms with Crippen molar-refractivity contribution in [2.24, 2.45) is 0 Å². The van der Waals surface area contributed by atoms with E-state index in [-0.39, 0.29) is 31.1 Å². The molecule has 6 nitrogen and oxygen atoms in total. The molecule has 0 heterocycles. The van der Waals surface area contributed by atoms with Crippen LogP contribution in [0.25, 0.3) is 0 Å². The van der Waals surface area contributed by atoms with Crippen molar-refractivity contribution in [3.8, 4) is 0 Å². The van der Waals surface area contributed by atoms with Crippen molar-refractivity contribution >= 4 is 17.9 Å². The average Bonchev–Trinajstić information content (AvgIpc) is 3.35. The van der Waals surface area contributed by atoms with Gasteiger partial charge in [0, 0.05) is 19.3 Å². The molecule has 0 saturated heterocycles. The number of rotatable bonds is 49. The van der Waals surface area contributed by atoms with Gasteiger partial charge in [0.05, 0.1) is 0 Å². The van der Waals surface area contributed by atoms with Crippen molar-refractivity contribution in [2.45, 2.75) is 245 Å². The lowest BCUT2D eigenvalue weighted by molar-refractivity contribution is -0.167. The van der Waals surface area contributed by atoms with E-state index >= 15 is 0 Å². The lowest BCUT2D eigenvalue weighted by Crippen LogP contribution is -2.30. The van der Waals surface area contributed by atoms with Crippen LogP contribution in [0.3, 0.4) is 0 Å². The molecule has 0 aromatic heterocycles. The monoisotopic (exact) mass is 955 g/mol. The number of allylic oxidation sites excluding steroid dienone is 20. The second-order valence-corrected chi connectivity index (χ2v) is 18.1. The second-order valence-electron chi connectivity index (χ2n) is 18.1. The van der Waals surface area contributed by atoms with Gasteiger partial charge in [-0.3, -0.25) is 14.4 Å². The smallest absolute Gasteiger partial charge is 0.306 e. The number of ether oxygens (including phenoxy) is 3. The van der Waals surface area contributed by atoms with Crippen LogP contribution in [0.1, 0.15) is 239 Å². The molecule has 390 valence electrons. The molecule has 1 atom stereocenters. The summed E-state index contributed by atoms with van der Waals surface area (Å²) in [5.74, 6) is -0.967. The van der Waals surface area contributed by atoms with Crippen LogP contribution < -0.4 is 0 Å². The highest BCUT2D eigenvalue weighted by Crippen LogP contribution is 2.13. The van der Waals surface area contributed by atoms with E-state index in [1.807, 2.05) is 0 Å². The number of unbranched alkanes of at least 4 members (excludes halogenated alkanes) is 18. The molecule has 0 bridgehead atoms. The highest BCUT2D eigenvalue weighted by Gasteiger charge is 2.19. The molecule has 0 aromatic rings. The fraction of sp³-hybridized carbons (Fsp3) is 0.635. The fourth-order valence-corrected chi connectivity index (χ4v) is 7.22.